The minimum atomic E-state index is -0.232. The van der Waals surface area contributed by atoms with Gasteiger partial charge in [-0.25, -0.2) is 4.39 Å². The van der Waals surface area contributed by atoms with Crippen molar-refractivity contribution in [3.05, 3.63) is 89.2 Å². The molecule has 2 atom stereocenters. The predicted molar refractivity (Wildman–Crippen MR) is 131 cm³/mol. The van der Waals surface area contributed by atoms with Crippen molar-refractivity contribution in [2.75, 3.05) is 37.7 Å². The number of fused-ring (bicyclic) bond motifs is 1. The highest BCUT2D eigenvalue weighted by molar-refractivity contribution is 5.53. The van der Waals surface area contributed by atoms with E-state index in [1.165, 1.54) is 28.8 Å². The van der Waals surface area contributed by atoms with Crippen LogP contribution in [-0.4, -0.2) is 44.1 Å². The largest absolute Gasteiger partial charge is 0.508 e. The Bertz CT molecular complexity index is 1080. The fourth-order valence-corrected chi connectivity index (χ4v) is 4.92. The van der Waals surface area contributed by atoms with E-state index in [9.17, 15) is 9.50 Å². The molecule has 34 heavy (non-hydrogen) atoms. The van der Waals surface area contributed by atoms with Gasteiger partial charge in [0.2, 0.25) is 0 Å². The number of ether oxygens (including phenoxy) is 2. The molecule has 3 aromatic rings. The molecule has 1 fully saturated rings. The normalized spacial score (nSPS) is 20.1. The van der Waals surface area contributed by atoms with E-state index in [4.69, 9.17) is 9.47 Å². The summed E-state index contributed by atoms with van der Waals surface area (Å²) in [4.78, 5) is 2.33. The molecule has 2 heterocycles. The first-order valence-electron chi connectivity index (χ1n) is 12.0. The first-order valence-corrected chi connectivity index (χ1v) is 12.0. The van der Waals surface area contributed by atoms with Crippen molar-refractivity contribution in [3.8, 4) is 11.5 Å². The van der Waals surface area contributed by atoms with Gasteiger partial charge in [0.25, 0.3) is 0 Å². The number of morpholine rings is 1. The van der Waals surface area contributed by atoms with E-state index < -0.39 is 0 Å². The van der Waals surface area contributed by atoms with Gasteiger partial charge < -0.3 is 24.8 Å². The zero-order valence-corrected chi connectivity index (χ0v) is 19.3. The Morgan fingerprint density at radius 2 is 1.88 bits per heavy atom. The van der Waals surface area contributed by atoms with E-state index in [2.05, 4.69) is 22.3 Å². The summed E-state index contributed by atoms with van der Waals surface area (Å²) in [7, 11) is 0. The molecule has 1 saturated heterocycles. The molecule has 6 heteroatoms. The molecule has 2 aliphatic heterocycles. The molecule has 0 aliphatic carbocycles. The van der Waals surface area contributed by atoms with Gasteiger partial charge in [0.05, 0.1) is 25.4 Å². The third-order valence-electron chi connectivity index (χ3n) is 6.71. The summed E-state index contributed by atoms with van der Waals surface area (Å²) in [6.07, 6.45) is 2.73. The number of phenols is 1. The van der Waals surface area contributed by atoms with Gasteiger partial charge in [-0.15, -0.1) is 0 Å². The van der Waals surface area contributed by atoms with Gasteiger partial charge in [-0.2, -0.15) is 0 Å². The Hall–Kier alpha value is -3.09. The number of aromatic hydroxyl groups is 1. The summed E-state index contributed by atoms with van der Waals surface area (Å²) >= 11 is 0. The lowest BCUT2D eigenvalue weighted by molar-refractivity contribution is 0.0159. The summed E-state index contributed by atoms with van der Waals surface area (Å²) in [5.41, 5.74) is 4.58. The molecule has 178 valence electrons. The van der Waals surface area contributed by atoms with Crippen LogP contribution in [0.4, 0.5) is 10.1 Å². The molecular weight excluding hydrogens is 431 g/mol. The van der Waals surface area contributed by atoms with Crippen LogP contribution in [0.5, 0.6) is 11.5 Å². The Morgan fingerprint density at radius 3 is 2.65 bits per heavy atom. The van der Waals surface area contributed by atoms with E-state index in [0.29, 0.717) is 12.4 Å². The summed E-state index contributed by atoms with van der Waals surface area (Å²) < 4.78 is 25.2. The van der Waals surface area contributed by atoms with Gasteiger partial charge in [0.15, 0.2) is 0 Å². The molecule has 5 rings (SSSR count). The highest BCUT2D eigenvalue weighted by Crippen LogP contribution is 2.37. The van der Waals surface area contributed by atoms with E-state index in [1.807, 2.05) is 36.4 Å². The van der Waals surface area contributed by atoms with Crippen molar-refractivity contribution in [1.29, 1.82) is 0 Å². The van der Waals surface area contributed by atoms with Crippen LogP contribution in [-0.2, 0) is 17.6 Å². The maximum absolute atomic E-state index is 13.5. The molecule has 3 aromatic carbocycles. The molecule has 0 bridgehead atoms. The van der Waals surface area contributed by atoms with Crippen LogP contribution in [0.2, 0.25) is 0 Å². The van der Waals surface area contributed by atoms with Crippen molar-refractivity contribution < 1.29 is 19.0 Å². The lowest BCUT2D eigenvalue weighted by atomic mass is 9.88. The van der Waals surface area contributed by atoms with Crippen molar-refractivity contribution >= 4 is 5.69 Å². The van der Waals surface area contributed by atoms with E-state index >= 15 is 0 Å². The molecular formula is C28H31FN2O3. The molecule has 2 N–H and O–H groups in total. The number of hydrogen-bond acceptors (Lipinski definition) is 5. The zero-order chi connectivity index (χ0) is 23.3. The minimum absolute atomic E-state index is 0.0949. The Labute approximate surface area is 200 Å². The summed E-state index contributed by atoms with van der Waals surface area (Å²) in [6.45, 7) is 4.01. The Kier molecular flexibility index (Phi) is 6.97. The van der Waals surface area contributed by atoms with Crippen LogP contribution >= 0.6 is 0 Å². The molecule has 2 aliphatic rings. The standard InChI is InChI=1S/C28H31FN2O3/c29-22-3-5-23(6-4-22)31-14-11-21-18-24(32)7-10-27(21)28(31)17-20-1-8-25(9-2-20)33-15-12-26-19-30-13-16-34-26/h1-10,18,26,28,30,32H,11-17,19H2. The van der Waals surface area contributed by atoms with Crippen LogP contribution in [0, 0.1) is 5.82 Å². The molecule has 0 spiro atoms. The molecule has 0 radical (unpaired) electrons. The third kappa shape index (κ3) is 5.34. The van der Waals surface area contributed by atoms with Gasteiger partial charge in [-0.3, -0.25) is 0 Å². The zero-order valence-electron chi connectivity index (χ0n) is 19.3. The molecule has 0 aromatic heterocycles. The van der Waals surface area contributed by atoms with Gasteiger partial charge in [-0.05, 0) is 78.1 Å². The van der Waals surface area contributed by atoms with Crippen LogP contribution in [0.25, 0.3) is 0 Å². The monoisotopic (exact) mass is 462 g/mol. The fraction of sp³-hybridized carbons (Fsp3) is 0.357. The summed E-state index contributed by atoms with van der Waals surface area (Å²) in [6, 6.07) is 20.7. The lowest BCUT2D eigenvalue weighted by Crippen LogP contribution is -2.39. The molecule has 0 saturated carbocycles. The molecule has 2 unspecified atom stereocenters. The van der Waals surface area contributed by atoms with Gasteiger partial charge in [0, 0.05) is 31.7 Å². The van der Waals surface area contributed by atoms with Gasteiger partial charge >= 0.3 is 0 Å². The number of nitrogens with one attached hydrogen (secondary N) is 1. The average Bonchev–Trinajstić information content (AvgIpc) is 2.86. The molecule has 0 amide bonds. The van der Waals surface area contributed by atoms with Crippen molar-refractivity contribution in [2.24, 2.45) is 0 Å². The van der Waals surface area contributed by atoms with Gasteiger partial charge in [-0.1, -0.05) is 18.2 Å². The number of hydrogen-bond donors (Lipinski definition) is 2. The lowest BCUT2D eigenvalue weighted by Gasteiger charge is -2.39. The number of nitrogens with zero attached hydrogens (tertiary/aromatic N) is 1. The highest BCUT2D eigenvalue weighted by atomic mass is 19.1. The second kappa shape index (κ2) is 10.5. The quantitative estimate of drug-likeness (QED) is 0.536. The number of phenolic OH excluding ortho intramolecular Hbond substituents is 1. The van der Waals surface area contributed by atoms with E-state index in [1.54, 1.807) is 6.07 Å². The van der Waals surface area contributed by atoms with Crippen LogP contribution in [0.15, 0.2) is 66.7 Å². The predicted octanol–water partition coefficient (Wildman–Crippen LogP) is 4.64. The highest BCUT2D eigenvalue weighted by Gasteiger charge is 2.28. The second-order valence-electron chi connectivity index (χ2n) is 9.00. The van der Waals surface area contributed by atoms with Crippen molar-refractivity contribution in [1.82, 2.24) is 5.32 Å². The smallest absolute Gasteiger partial charge is 0.123 e. The van der Waals surface area contributed by atoms with Gasteiger partial charge in [0.1, 0.15) is 17.3 Å². The first kappa shape index (κ1) is 22.7. The fourth-order valence-electron chi connectivity index (χ4n) is 4.92. The minimum Gasteiger partial charge on any atom is -0.508 e. The van der Waals surface area contributed by atoms with Crippen LogP contribution in [0.1, 0.15) is 29.2 Å². The van der Waals surface area contributed by atoms with Crippen LogP contribution in [0.3, 0.4) is 0 Å². The maximum atomic E-state index is 13.5. The average molecular weight is 463 g/mol. The number of anilines is 1. The van der Waals surface area contributed by atoms with E-state index in [0.717, 1.165) is 56.9 Å². The topological polar surface area (TPSA) is 54.0 Å². The Morgan fingerprint density at radius 1 is 1.06 bits per heavy atom. The first-order chi connectivity index (χ1) is 16.7. The summed E-state index contributed by atoms with van der Waals surface area (Å²) in [5.74, 6) is 0.921. The number of halogens is 1. The Balaban J connectivity index is 1.29. The SMILES string of the molecule is Oc1ccc2c(c1)CCN(c1ccc(F)cc1)C2Cc1ccc(OCCC2CNCCO2)cc1. The number of benzene rings is 3. The second-order valence-corrected chi connectivity index (χ2v) is 9.00. The van der Waals surface area contributed by atoms with Crippen molar-refractivity contribution in [3.63, 3.8) is 0 Å². The molecule has 5 nitrogen and oxygen atoms in total. The third-order valence-corrected chi connectivity index (χ3v) is 6.71. The van der Waals surface area contributed by atoms with Crippen LogP contribution < -0.4 is 15.0 Å². The van der Waals surface area contributed by atoms with Crippen molar-refractivity contribution in [2.45, 2.75) is 31.4 Å². The maximum Gasteiger partial charge on any atom is 0.123 e. The summed E-state index contributed by atoms with van der Waals surface area (Å²) in [5, 5.41) is 13.3. The van der Waals surface area contributed by atoms with E-state index in [-0.39, 0.29) is 18.0 Å². The number of rotatable bonds is 7.